The molecule has 4 rings (SSSR count). The number of aromatic nitrogens is 3. The molecule has 2 heterocycles. The van der Waals surface area contributed by atoms with Crippen LogP contribution in [-0.2, 0) is 11.2 Å². The van der Waals surface area contributed by atoms with E-state index in [4.69, 9.17) is 0 Å². The zero-order valence-electron chi connectivity index (χ0n) is 14.8. The molecular weight excluding hydrogens is 312 g/mol. The first-order chi connectivity index (χ1) is 12.1. The molecule has 1 saturated carbocycles. The summed E-state index contributed by atoms with van der Waals surface area (Å²) >= 11 is 0. The van der Waals surface area contributed by atoms with Crippen molar-refractivity contribution in [1.29, 1.82) is 0 Å². The molecule has 5 heteroatoms. The SMILES string of the molecule is Cc1nn(-c2ccccn2)c(C)c1CCNC(=O)C1CC2C=CC1C2. The number of amides is 1. The average Bonchev–Trinajstić information content (AvgIpc) is 3.32. The topological polar surface area (TPSA) is 59.8 Å². The third-order valence-corrected chi connectivity index (χ3v) is 5.60. The summed E-state index contributed by atoms with van der Waals surface area (Å²) in [4.78, 5) is 16.8. The second kappa shape index (κ2) is 6.47. The van der Waals surface area contributed by atoms with Gasteiger partial charge in [0.25, 0.3) is 0 Å². The third-order valence-electron chi connectivity index (χ3n) is 5.60. The van der Waals surface area contributed by atoms with Crippen LogP contribution in [-0.4, -0.2) is 27.2 Å². The molecule has 25 heavy (non-hydrogen) atoms. The minimum absolute atomic E-state index is 0.174. The number of nitrogens with zero attached hydrogens (tertiary/aromatic N) is 3. The van der Waals surface area contributed by atoms with Crippen LogP contribution in [0.15, 0.2) is 36.5 Å². The highest BCUT2D eigenvalue weighted by Gasteiger charge is 2.39. The molecule has 0 spiro atoms. The minimum Gasteiger partial charge on any atom is -0.356 e. The van der Waals surface area contributed by atoms with Gasteiger partial charge in [0.15, 0.2) is 5.82 Å². The fourth-order valence-corrected chi connectivity index (χ4v) is 4.26. The maximum Gasteiger partial charge on any atom is 0.223 e. The van der Waals surface area contributed by atoms with Crippen molar-refractivity contribution < 1.29 is 4.79 Å². The largest absolute Gasteiger partial charge is 0.356 e. The number of hydrogen-bond donors (Lipinski definition) is 1. The van der Waals surface area contributed by atoms with Crippen LogP contribution in [0.5, 0.6) is 0 Å². The second-order valence-electron chi connectivity index (χ2n) is 7.18. The van der Waals surface area contributed by atoms with Gasteiger partial charge in [0.05, 0.1) is 5.69 Å². The lowest BCUT2D eigenvalue weighted by atomic mass is 9.93. The number of carbonyl (C=O) groups excluding carboxylic acids is 1. The van der Waals surface area contributed by atoms with Gasteiger partial charge in [0.2, 0.25) is 5.91 Å². The van der Waals surface area contributed by atoms with E-state index in [1.807, 2.05) is 29.8 Å². The highest BCUT2D eigenvalue weighted by atomic mass is 16.1. The fraction of sp³-hybridized carbons (Fsp3) is 0.450. The van der Waals surface area contributed by atoms with Crippen molar-refractivity contribution in [2.45, 2.75) is 33.1 Å². The maximum absolute atomic E-state index is 12.4. The molecule has 1 amide bonds. The number of rotatable bonds is 5. The fourth-order valence-electron chi connectivity index (χ4n) is 4.26. The Balaban J connectivity index is 1.39. The minimum atomic E-state index is 0.174. The summed E-state index contributed by atoms with van der Waals surface area (Å²) < 4.78 is 1.88. The van der Waals surface area contributed by atoms with E-state index >= 15 is 0 Å². The molecule has 2 aliphatic carbocycles. The molecule has 1 N–H and O–H groups in total. The molecule has 3 unspecified atom stereocenters. The zero-order chi connectivity index (χ0) is 17.4. The quantitative estimate of drug-likeness (QED) is 0.854. The van der Waals surface area contributed by atoms with Crippen molar-refractivity contribution in [1.82, 2.24) is 20.1 Å². The Bertz CT molecular complexity index is 809. The summed E-state index contributed by atoms with van der Waals surface area (Å²) in [5.74, 6) is 2.30. The van der Waals surface area contributed by atoms with Crippen LogP contribution < -0.4 is 5.32 Å². The van der Waals surface area contributed by atoms with E-state index < -0.39 is 0 Å². The van der Waals surface area contributed by atoms with Gasteiger partial charge < -0.3 is 5.32 Å². The molecule has 2 aliphatic rings. The number of pyridine rings is 1. The highest BCUT2D eigenvalue weighted by molar-refractivity contribution is 5.80. The number of carbonyl (C=O) groups is 1. The van der Waals surface area contributed by atoms with E-state index in [1.54, 1.807) is 6.20 Å². The number of hydrogen-bond acceptors (Lipinski definition) is 3. The normalized spacial score (nSPS) is 24.0. The third kappa shape index (κ3) is 2.99. The number of allylic oxidation sites excluding steroid dienone is 2. The van der Waals surface area contributed by atoms with Crippen LogP contribution in [0.2, 0.25) is 0 Å². The van der Waals surface area contributed by atoms with Crippen LogP contribution in [0.1, 0.15) is 29.8 Å². The predicted octanol–water partition coefficient (Wildman–Crippen LogP) is 2.76. The van der Waals surface area contributed by atoms with Gasteiger partial charge in [-0.2, -0.15) is 5.10 Å². The standard InChI is InChI=1S/C20H24N4O/c1-13-17(14(2)24(23-13)19-5-3-4-9-21-19)8-10-22-20(25)18-12-15-6-7-16(18)11-15/h3-7,9,15-16,18H,8,10-12H2,1-2H3,(H,22,25). The summed E-state index contributed by atoms with van der Waals surface area (Å²) in [5.41, 5.74) is 3.28. The molecule has 0 aromatic carbocycles. The van der Waals surface area contributed by atoms with E-state index in [0.29, 0.717) is 18.4 Å². The molecule has 130 valence electrons. The van der Waals surface area contributed by atoms with Gasteiger partial charge in [0, 0.05) is 24.4 Å². The molecule has 3 atom stereocenters. The Hall–Kier alpha value is -2.43. The Morgan fingerprint density at radius 2 is 2.16 bits per heavy atom. The monoisotopic (exact) mass is 336 g/mol. The van der Waals surface area contributed by atoms with Crippen molar-refractivity contribution in [2.24, 2.45) is 17.8 Å². The Morgan fingerprint density at radius 3 is 2.84 bits per heavy atom. The molecule has 2 aromatic rings. The first kappa shape index (κ1) is 16.1. The van der Waals surface area contributed by atoms with Gasteiger partial charge in [-0.25, -0.2) is 9.67 Å². The van der Waals surface area contributed by atoms with Crippen molar-refractivity contribution in [3.8, 4) is 5.82 Å². The number of nitrogens with one attached hydrogen (secondary N) is 1. The lowest BCUT2D eigenvalue weighted by Gasteiger charge is -2.17. The molecule has 0 aliphatic heterocycles. The summed E-state index contributed by atoms with van der Waals surface area (Å²) in [6, 6.07) is 5.81. The molecule has 2 aromatic heterocycles. The molecule has 5 nitrogen and oxygen atoms in total. The van der Waals surface area contributed by atoms with Gasteiger partial charge in [-0.1, -0.05) is 18.2 Å². The molecule has 2 bridgehead atoms. The maximum atomic E-state index is 12.4. The number of fused-ring (bicyclic) bond motifs is 2. The van der Waals surface area contributed by atoms with E-state index in [9.17, 15) is 4.79 Å². The molecule has 0 radical (unpaired) electrons. The average molecular weight is 336 g/mol. The first-order valence-electron chi connectivity index (χ1n) is 9.06. The van der Waals surface area contributed by atoms with Crippen LogP contribution in [0.25, 0.3) is 5.82 Å². The summed E-state index contributed by atoms with van der Waals surface area (Å²) in [6.07, 6.45) is 9.24. The van der Waals surface area contributed by atoms with Crippen molar-refractivity contribution in [3.05, 3.63) is 53.5 Å². The molecule has 0 saturated heterocycles. The second-order valence-corrected chi connectivity index (χ2v) is 7.18. The van der Waals surface area contributed by atoms with E-state index in [2.05, 4.69) is 34.5 Å². The van der Waals surface area contributed by atoms with Crippen LogP contribution >= 0.6 is 0 Å². The van der Waals surface area contributed by atoms with Gasteiger partial charge in [0.1, 0.15) is 0 Å². The highest BCUT2D eigenvalue weighted by Crippen LogP contribution is 2.43. The van der Waals surface area contributed by atoms with Crippen LogP contribution in [0.3, 0.4) is 0 Å². The van der Waals surface area contributed by atoms with Gasteiger partial charge in [-0.05, 0) is 62.6 Å². The van der Waals surface area contributed by atoms with Gasteiger partial charge >= 0.3 is 0 Å². The predicted molar refractivity (Wildman–Crippen MR) is 96.4 cm³/mol. The lowest BCUT2D eigenvalue weighted by Crippen LogP contribution is -2.34. The Kier molecular flexibility index (Phi) is 4.15. The zero-order valence-corrected chi connectivity index (χ0v) is 14.8. The van der Waals surface area contributed by atoms with Crippen molar-refractivity contribution in [3.63, 3.8) is 0 Å². The Morgan fingerprint density at radius 1 is 1.28 bits per heavy atom. The molecule has 1 fully saturated rings. The Labute approximate surface area is 148 Å². The van der Waals surface area contributed by atoms with Gasteiger partial charge in [-0.15, -0.1) is 0 Å². The van der Waals surface area contributed by atoms with Crippen molar-refractivity contribution in [2.75, 3.05) is 6.54 Å². The molecular formula is C20H24N4O. The summed E-state index contributed by atoms with van der Waals surface area (Å²) in [5, 5.41) is 7.76. The lowest BCUT2D eigenvalue weighted by molar-refractivity contribution is -0.125. The first-order valence-corrected chi connectivity index (χ1v) is 9.06. The summed E-state index contributed by atoms with van der Waals surface area (Å²) in [7, 11) is 0. The number of aryl methyl sites for hydroxylation is 1. The van der Waals surface area contributed by atoms with Crippen molar-refractivity contribution >= 4 is 5.91 Å². The van der Waals surface area contributed by atoms with E-state index in [1.165, 1.54) is 5.56 Å². The van der Waals surface area contributed by atoms with E-state index in [0.717, 1.165) is 36.5 Å². The van der Waals surface area contributed by atoms with E-state index in [-0.39, 0.29) is 11.8 Å². The van der Waals surface area contributed by atoms with Crippen LogP contribution in [0, 0.1) is 31.6 Å². The summed E-state index contributed by atoms with van der Waals surface area (Å²) in [6.45, 7) is 4.74. The smallest absolute Gasteiger partial charge is 0.223 e. The van der Waals surface area contributed by atoms with Crippen LogP contribution in [0.4, 0.5) is 0 Å². The van der Waals surface area contributed by atoms with Gasteiger partial charge in [-0.3, -0.25) is 4.79 Å².